The molecule has 4 aromatic rings. The molecule has 0 bridgehead atoms. The largest absolute Gasteiger partial charge is 0.493 e. The van der Waals surface area contributed by atoms with Crippen LogP contribution in [0.3, 0.4) is 0 Å². The summed E-state index contributed by atoms with van der Waals surface area (Å²) in [6.07, 6.45) is 4.34. The first-order chi connectivity index (χ1) is 12.6. The van der Waals surface area contributed by atoms with Crippen LogP contribution in [0.5, 0.6) is 11.5 Å². The number of pyridine rings is 1. The Hall–Kier alpha value is -3.35. The van der Waals surface area contributed by atoms with Gasteiger partial charge in [0.25, 0.3) is 5.56 Å². The minimum Gasteiger partial charge on any atom is -0.493 e. The molecule has 0 aliphatic carbocycles. The van der Waals surface area contributed by atoms with E-state index in [-0.39, 0.29) is 5.56 Å². The first-order valence-corrected chi connectivity index (χ1v) is 8.16. The van der Waals surface area contributed by atoms with Crippen molar-refractivity contribution in [1.29, 1.82) is 0 Å². The van der Waals surface area contributed by atoms with Crippen LogP contribution in [0, 0.1) is 6.92 Å². The molecule has 0 atom stereocenters. The zero-order chi connectivity index (χ0) is 18.3. The standard InChI is InChI=1S/C19H18N4O3/c1-11-4-5-23-10-12(20-18(23)6-11)7-17-21-14-9-16(26-3)15(25-2)8-13(14)19(24)22-17/h4-6,8-10H,7H2,1-3H3,(H,21,22,24). The molecule has 7 nitrogen and oxygen atoms in total. The Morgan fingerprint density at radius 1 is 1.12 bits per heavy atom. The number of methoxy groups -OCH3 is 2. The number of fused-ring (bicyclic) bond motifs is 2. The third-order valence-electron chi connectivity index (χ3n) is 4.27. The van der Waals surface area contributed by atoms with Crippen LogP contribution >= 0.6 is 0 Å². The van der Waals surface area contributed by atoms with Crippen molar-refractivity contribution in [2.45, 2.75) is 13.3 Å². The Balaban J connectivity index is 1.77. The SMILES string of the molecule is COc1cc2nc(Cc3cn4ccc(C)cc4n3)[nH]c(=O)c2cc1OC. The summed E-state index contributed by atoms with van der Waals surface area (Å²) < 4.78 is 12.5. The molecule has 0 aliphatic heterocycles. The predicted molar refractivity (Wildman–Crippen MR) is 98.2 cm³/mol. The van der Waals surface area contributed by atoms with Gasteiger partial charge in [0.15, 0.2) is 11.5 Å². The van der Waals surface area contributed by atoms with E-state index in [4.69, 9.17) is 9.47 Å². The van der Waals surface area contributed by atoms with Crippen LogP contribution in [0.25, 0.3) is 16.6 Å². The smallest absolute Gasteiger partial charge is 0.258 e. The molecule has 0 saturated heterocycles. The Morgan fingerprint density at radius 2 is 1.88 bits per heavy atom. The highest BCUT2D eigenvalue weighted by Crippen LogP contribution is 2.30. The molecule has 7 heteroatoms. The molecule has 1 N–H and O–H groups in total. The van der Waals surface area contributed by atoms with E-state index in [9.17, 15) is 4.79 Å². The lowest BCUT2D eigenvalue weighted by Gasteiger charge is -2.09. The lowest BCUT2D eigenvalue weighted by molar-refractivity contribution is 0.355. The summed E-state index contributed by atoms with van der Waals surface area (Å²) in [4.78, 5) is 24.4. The van der Waals surface area contributed by atoms with Crippen molar-refractivity contribution >= 4 is 16.6 Å². The molecular formula is C19H18N4O3. The van der Waals surface area contributed by atoms with Gasteiger partial charge >= 0.3 is 0 Å². The molecule has 1 aromatic carbocycles. The summed E-state index contributed by atoms with van der Waals surface area (Å²) in [5.74, 6) is 1.58. The first-order valence-electron chi connectivity index (χ1n) is 8.16. The summed E-state index contributed by atoms with van der Waals surface area (Å²) in [7, 11) is 3.08. The van der Waals surface area contributed by atoms with Gasteiger partial charge < -0.3 is 18.9 Å². The molecule has 132 valence electrons. The number of nitrogens with one attached hydrogen (secondary N) is 1. The topological polar surface area (TPSA) is 81.5 Å². The van der Waals surface area contributed by atoms with E-state index in [1.54, 1.807) is 19.2 Å². The number of hydrogen-bond acceptors (Lipinski definition) is 5. The van der Waals surface area contributed by atoms with Gasteiger partial charge in [-0.3, -0.25) is 4.79 Å². The number of benzene rings is 1. The summed E-state index contributed by atoms with van der Waals surface area (Å²) >= 11 is 0. The van der Waals surface area contributed by atoms with Crippen molar-refractivity contribution in [3.8, 4) is 11.5 Å². The predicted octanol–water partition coefficient (Wildman–Crippen LogP) is 2.49. The zero-order valence-electron chi connectivity index (χ0n) is 14.7. The molecule has 0 aliphatic rings. The van der Waals surface area contributed by atoms with Crippen LogP contribution in [-0.2, 0) is 6.42 Å². The molecular weight excluding hydrogens is 332 g/mol. The van der Waals surface area contributed by atoms with Crippen LogP contribution in [0.4, 0.5) is 0 Å². The van der Waals surface area contributed by atoms with Gasteiger partial charge in [-0.05, 0) is 30.7 Å². The van der Waals surface area contributed by atoms with Crippen LogP contribution in [0.1, 0.15) is 17.1 Å². The molecule has 4 rings (SSSR count). The van der Waals surface area contributed by atoms with Crippen LogP contribution in [0.15, 0.2) is 41.5 Å². The number of aromatic nitrogens is 4. The van der Waals surface area contributed by atoms with Crippen molar-refractivity contribution < 1.29 is 9.47 Å². The highest BCUT2D eigenvalue weighted by Gasteiger charge is 2.12. The van der Waals surface area contributed by atoms with Crippen LogP contribution in [-0.4, -0.2) is 33.6 Å². The third kappa shape index (κ3) is 2.77. The molecule has 0 amide bonds. The van der Waals surface area contributed by atoms with Gasteiger partial charge in [0, 0.05) is 24.9 Å². The quantitative estimate of drug-likeness (QED) is 0.611. The first kappa shape index (κ1) is 16.1. The fourth-order valence-electron chi connectivity index (χ4n) is 2.99. The fourth-order valence-corrected chi connectivity index (χ4v) is 2.99. The number of ether oxygens (including phenoxy) is 2. The molecule has 3 aromatic heterocycles. The van der Waals surface area contributed by atoms with E-state index in [0.29, 0.717) is 34.6 Å². The van der Waals surface area contributed by atoms with Gasteiger partial charge in [0.2, 0.25) is 0 Å². The molecule has 0 spiro atoms. The normalized spacial score (nSPS) is 11.2. The molecule has 3 heterocycles. The lowest BCUT2D eigenvalue weighted by atomic mass is 10.2. The lowest BCUT2D eigenvalue weighted by Crippen LogP contribution is -2.12. The van der Waals surface area contributed by atoms with E-state index in [2.05, 4.69) is 15.0 Å². The van der Waals surface area contributed by atoms with Gasteiger partial charge in [0.1, 0.15) is 11.5 Å². The maximum Gasteiger partial charge on any atom is 0.258 e. The Labute approximate surface area is 149 Å². The third-order valence-corrected chi connectivity index (χ3v) is 4.27. The van der Waals surface area contributed by atoms with Crippen molar-refractivity contribution in [3.63, 3.8) is 0 Å². The molecule has 0 fully saturated rings. The van der Waals surface area contributed by atoms with Crippen molar-refractivity contribution in [2.24, 2.45) is 0 Å². The maximum atomic E-state index is 12.5. The van der Waals surface area contributed by atoms with E-state index < -0.39 is 0 Å². The molecule has 0 unspecified atom stereocenters. The Bertz CT molecular complexity index is 1180. The second-order valence-corrected chi connectivity index (χ2v) is 6.12. The van der Waals surface area contributed by atoms with E-state index in [1.807, 2.05) is 35.9 Å². The Kier molecular flexibility index (Phi) is 3.84. The highest BCUT2D eigenvalue weighted by molar-refractivity contribution is 5.81. The number of aromatic amines is 1. The van der Waals surface area contributed by atoms with Gasteiger partial charge in [0.05, 0.1) is 30.8 Å². The number of H-pyrrole nitrogens is 1. The van der Waals surface area contributed by atoms with Crippen LogP contribution < -0.4 is 15.0 Å². The van der Waals surface area contributed by atoms with Crippen LogP contribution in [0.2, 0.25) is 0 Å². The van der Waals surface area contributed by atoms with Crippen molar-refractivity contribution in [2.75, 3.05) is 14.2 Å². The summed E-state index contributed by atoms with van der Waals surface area (Å²) in [5, 5.41) is 0.456. The fraction of sp³-hybridized carbons (Fsp3) is 0.211. The molecule has 0 radical (unpaired) electrons. The van der Waals surface area contributed by atoms with Gasteiger partial charge in [-0.25, -0.2) is 9.97 Å². The molecule has 0 saturated carbocycles. The molecule has 26 heavy (non-hydrogen) atoms. The van der Waals surface area contributed by atoms with Gasteiger partial charge in [-0.2, -0.15) is 0 Å². The second-order valence-electron chi connectivity index (χ2n) is 6.12. The zero-order valence-corrected chi connectivity index (χ0v) is 14.7. The number of aryl methyl sites for hydroxylation is 1. The van der Waals surface area contributed by atoms with Gasteiger partial charge in [-0.1, -0.05) is 0 Å². The number of nitrogens with zero attached hydrogens (tertiary/aromatic N) is 3. The Morgan fingerprint density at radius 3 is 2.65 bits per heavy atom. The minimum absolute atomic E-state index is 0.217. The second kappa shape index (κ2) is 6.18. The monoisotopic (exact) mass is 350 g/mol. The average molecular weight is 350 g/mol. The number of imidazole rings is 1. The summed E-state index contributed by atoms with van der Waals surface area (Å²) in [5.41, 5.74) is 3.19. The average Bonchev–Trinajstić information content (AvgIpc) is 3.01. The van der Waals surface area contributed by atoms with Crippen molar-refractivity contribution in [3.05, 3.63) is 64.1 Å². The van der Waals surface area contributed by atoms with Crippen molar-refractivity contribution in [1.82, 2.24) is 19.4 Å². The minimum atomic E-state index is -0.217. The summed E-state index contributed by atoms with van der Waals surface area (Å²) in [6.45, 7) is 2.03. The summed E-state index contributed by atoms with van der Waals surface area (Å²) in [6, 6.07) is 7.38. The number of hydrogen-bond donors (Lipinski definition) is 1. The van der Waals surface area contributed by atoms with Gasteiger partial charge in [-0.15, -0.1) is 0 Å². The van der Waals surface area contributed by atoms with E-state index in [0.717, 1.165) is 16.9 Å². The van der Waals surface area contributed by atoms with E-state index >= 15 is 0 Å². The highest BCUT2D eigenvalue weighted by atomic mass is 16.5. The van der Waals surface area contributed by atoms with E-state index in [1.165, 1.54) is 7.11 Å². The number of rotatable bonds is 4. The maximum absolute atomic E-state index is 12.5.